The van der Waals surface area contributed by atoms with Crippen LogP contribution in [0, 0.1) is 0 Å². The summed E-state index contributed by atoms with van der Waals surface area (Å²) in [7, 11) is 0. The smallest absolute Gasteiger partial charge is 0.320 e. The number of aromatic nitrogens is 3. The molecular weight excluding hydrogens is 224 g/mol. The van der Waals surface area contributed by atoms with Crippen molar-refractivity contribution in [3.8, 4) is 0 Å². The van der Waals surface area contributed by atoms with Gasteiger partial charge in [0.15, 0.2) is 0 Å². The summed E-state index contributed by atoms with van der Waals surface area (Å²) in [5.41, 5.74) is 5.04. The highest BCUT2D eigenvalue weighted by atomic mass is 16.4. The van der Waals surface area contributed by atoms with Gasteiger partial charge in [-0.25, -0.2) is 4.68 Å². The van der Waals surface area contributed by atoms with Crippen LogP contribution in [-0.4, -0.2) is 42.8 Å². The molecule has 96 valence electrons. The number of hydrogen-bond donors (Lipinski definition) is 3. The van der Waals surface area contributed by atoms with Gasteiger partial charge in [0.2, 0.25) is 0 Å². The number of nitrogens with zero attached hydrogens (tertiary/aromatic N) is 3. The Labute approximate surface area is 99.2 Å². The van der Waals surface area contributed by atoms with Gasteiger partial charge in [-0.1, -0.05) is 12.1 Å². The van der Waals surface area contributed by atoms with Gasteiger partial charge >= 0.3 is 5.97 Å². The van der Waals surface area contributed by atoms with Crippen LogP contribution >= 0.6 is 0 Å². The van der Waals surface area contributed by atoms with Gasteiger partial charge in [-0.05, 0) is 13.3 Å². The maximum atomic E-state index is 10.6. The molecule has 0 aliphatic rings. The Kier molecular flexibility index (Phi) is 4.19. The third kappa shape index (κ3) is 4.12. The highest BCUT2D eigenvalue weighted by molar-refractivity contribution is 5.73. The predicted molar refractivity (Wildman–Crippen MR) is 60.3 cm³/mol. The predicted octanol–water partition coefficient (Wildman–Crippen LogP) is -0.606. The summed E-state index contributed by atoms with van der Waals surface area (Å²) in [5.74, 6) is -1.07. The van der Waals surface area contributed by atoms with Crippen molar-refractivity contribution in [1.29, 1.82) is 0 Å². The van der Waals surface area contributed by atoms with E-state index in [4.69, 9.17) is 10.8 Å². The molecule has 1 aromatic rings. The molecule has 17 heavy (non-hydrogen) atoms. The van der Waals surface area contributed by atoms with Crippen LogP contribution in [0.5, 0.6) is 0 Å². The number of nitrogens with two attached hydrogens (primary N) is 1. The second-order valence-corrected chi connectivity index (χ2v) is 4.41. The summed E-state index contributed by atoms with van der Waals surface area (Å²) in [4.78, 5) is 10.6. The molecular formula is C10H18N4O3. The maximum absolute atomic E-state index is 10.6. The first-order valence-electron chi connectivity index (χ1n) is 5.44. The number of carboxylic acid groups (broad SMARTS) is 1. The second kappa shape index (κ2) is 5.24. The number of aliphatic hydroxyl groups is 1. The first-order chi connectivity index (χ1) is 7.84. The number of hydrogen-bond acceptors (Lipinski definition) is 5. The lowest BCUT2D eigenvalue weighted by molar-refractivity contribution is -0.138. The van der Waals surface area contributed by atoms with Gasteiger partial charge < -0.3 is 15.9 Å². The van der Waals surface area contributed by atoms with Crippen molar-refractivity contribution in [2.75, 3.05) is 0 Å². The van der Waals surface area contributed by atoms with Gasteiger partial charge in [-0.2, -0.15) is 0 Å². The van der Waals surface area contributed by atoms with E-state index >= 15 is 0 Å². The summed E-state index contributed by atoms with van der Waals surface area (Å²) in [6.45, 7) is 3.90. The van der Waals surface area contributed by atoms with Crippen LogP contribution in [0.1, 0.15) is 26.0 Å². The van der Waals surface area contributed by atoms with Crippen LogP contribution < -0.4 is 5.73 Å². The van der Waals surface area contributed by atoms with Crippen molar-refractivity contribution in [3.63, 3.8) is 0 Å². The zero-order valence-electron chi connectivity index (χ0n) is 10.00. The first kappa shape index (κ1) is 13.6. The molecule has 0 saturated heterocycles. The standard InChI is InChI=1S/C10H18N4O3/c1-3-10(2,17)6-14-5-7(12-13-14)4-8(11)9(15)16/h5,8,17H,3-4,6,11H2,1-2H3,(H,15,16). The largest absolute Gasteiger partial charge is 0.480 e. The molecule has 0 amide bonds. The Morgan fingerprint density at radius 2 is 2.35 bits per heavy atom. The molecule has 0 aromatic carbocycles. The van der Waals surface area contributed by atoms with Gasteiger partial charge in [0, 0.05) is 12.6 Å². The van der Waals surface area contributed by atoms with E-state index in [0.29, 0.717) is 18.7 Å². The molecule has 1 rings (SSSR count). The second-order valence-electron chi connectivity index (χ2n) is 4.41. The zero-order valence-corrected chi connectivity index (χ0v) is 10.00. The van der Waals surface area contributed by atoms with E-state index in [-0.39, 0.29) is 6.42 Å². The van der Waals surface area contributed by atoms with Crippen molar-refractivity contribution in [1.82, 2.24) is 15.0 Å². The van der Waals surface area contributed by atoms with E-state index in [1.165, 1.54) is 4.68 Å². The topological polar surface area (TPSA) is 114 Å². The molecule has 0 aliphatic heterocycles. The van der Waals surface area contributed by atoms with E-state index in [1.807, 2.05) is 6.92 Å². The Bertz CT molecular complexity index is 389. The molecule has 4 N–H and O–H groups in total. The third-order valence-electron chi connectivity index (χ3n) is 2.60. The fourth-order valence-electron chi connectivity index (χ4n) is 1.28. The van der Waals surface area contributed by atoms with Crippen LogP contribution in [0.25, 0.3) is 0 Å². The van der Waals surface area contributed by atoms with Crippen LogP contribution in [0.3, 0.4) is 0 Å². The Hall–Kier alpha value is -1.47. The van der Waals surface area contributed by atoms with Crippen molar-refractivity contribution in [3.05, 3.63) is 11.9 Å². The first-order valence-corrected chi connectivity index (χ1v) is 5.44. The van der Waals surface area contributed by atoms with Gasteiger partial charge in [-0.3, -0.25) is 4.79 Å². The molecule has 2 atom stereocenters. The summed E-state index contributed by atoms with van der Waals surface area (Å²) in [6.07, 6.45) is 2.33. The Balaban J connectivity index is 2.63. The van der Waals surface area contributed by atoms with Gasteiger partial charge in [0.25, 0.3) is 0 Å². The van der Waals surface area contributed by atoms with Crippen LogP contribution in [-0.2, 0) is 17.8 Å². The van der Waals surface area contributed by atoms with E-state index in [9.17, 15) is 9.90 Å². The molecule has 1 aromatic heterocycles. The lowest BCUT2D eigenvalue weighted by Crippen LogP contribution is -2.32. The average molecular weight is 242 g/mol. The summed E-state index contributed by atoms with van der Waals surface area (Å²) < 4.78 is 1.49. The fraction of sp³-hybridized carbons (Fsp3) is 0.700. The highest BCUT2D eigenvalue weighted by Crippen LogP contribution is 2.11. The average Bonchev–Trinajstić information content (AvgIpc) is 2.64. The van der Waals surface area contributed by atoms with Crippen LogP contribution in [0.4, 0.5) is 0 Å². The molecule has 0 aliphatic carbocycles. The number of carboxylic acids is 1. The minimum absolute atomic E-state index is 0.129. The number of rotatable bonds is 6. The summed E-state index contributed by atoms with van der Waals surface area (Å²) in [6, 6.07) is -0.980. The quantitative estimate of drug-likeness (QED) is 0.613. The maximum Gasteiger partial charge on any atom is 0.320 e. The van der Waals surface area contributed by atoms with E-state index in [1.54, 1.807) is 13.1 Å². The molecule has 7 heteroatoms. The molecule has 0 saturated carbocycles. The molecule has 7 nitrogen and oxygen atoms in total. The Morgan fingerprint density at radius 3 is 2.88 bits per heavy atom. The molecule has 0 fully saturated rings. The normalized spacial score (nSPS) is 16.5. The lowest BCUT2D eigenvalue weighted by atomic mass is 10.0. The van der Waals surface area contributed by atoms with Crippen LogP contribution in [0.2, 0.25) is 0 Å². The number of aliphatic carboxylic acids is 1. The van der Waals surface area contributed by atoms with E-state index in [0.717, 1.165) is 0 Å². The Morgan fingerprint density at radius 1 is 1.71 bits per heavy atom. The lowest BCUT2D eigenvalue weighted by Gasteiger charge is -2.20. The molecule has 0 spiro atoms. The van der Waals surface area contributed by atoms with Crippen LogP contribution in [0.15, 0.2) is 6.20 Å². The van der Waals surface area contributed by atoms with Gasteiger partial charge in [0.05, 0.1) is 17.8 Å². The fourth-order valence-corrected chi connectivity index (χ4v) is 1.28. The van der Waals surface area contributed by atoms with E-state index in [2.05, 4.69) is 10.3 Å². The molecule has 0 bridgehead atoms. The van der Waals surface area contributed by atoms with Crippen molar-refractivity contribution in [2.45, 2.75) is 44.9 Å². The van der Waals surface area contributed by atoms with Gasteiger partial charge in [-0.15, -0.1) is 5.10 Å². The SMILES string of the molecule is CCC(C)(O)Cn1cc(CC(N)C(=O)O)nn1. The molecule has 2 unspecified atom stereocenters. The summed E-state index contributed by atoms with van der Waals surface area (Å²) >= 11 is 0. The molecule has 1 heterocycles. The zero-order chi connectivity index (χ0) is 13.1. The number of carbonyl (C=O) groups is 1. The van der Waals surface area contributed by atoms with Crippen molar-refractivity contribution < 1.29 is 15.0 Å². The highest BCUT2D eigenvalue weighted by Gasteiger charge is 2.20. The monoisotopic (exact) mass is 242 g/mol. The van der Waals surface area contributed by atoms with E-state index < -0.39 is 17.6 Å². The summed E-state index contributed by atoms with van der Waals surface area (Å²) in [5, 5.41) is 26.1. The van der Waals surface area contributed by atoms with Gasteiger partial charge in [0.1, 0.15) is 6.04 Å². The third-order valence-corrected chi connectivity index (χ3v) is 2.60. The minimum atomic E-state index is -1.07. The minimum Gasteiger partial charge on any atom is -0.480 e. The van der Waals surface area contributed by atoms with Crippen molar-refractivity contribution in [2.24, 2.45) is 5.73 Å². The molecule has 0 radical (unpaired) electrons. The van der Waals surface area contributed by atoms with Crippen molar-refractivity contribution >= 4 is 5.97 Å².